The SMILES string of the molecule is C=CC(C)(C)C(=O)C(O)(C=C)C=C. The molecule has 0 amide bonds. The molecule has 0 aliphatic heterocycles. The standard InChI is InChI=1S/C11H16O2/c1-6-10(4,5)9(12)11(13,7-2)8-3/h6-8,13H,1-3H2,4-5H3. The molecule has 0 atom stereocenters. The van der Waals surface area contributed by atoms with E-state index in [1.165, 1.54) is 18.2 Å². The summed E-state index contributed by atoms with van der Waals surface area (Å²) in [6.45, 7) is 13.7. The first-order chi connectivity index (χ1) is 5.84. The third-order valence-corrected chi connectivity index (χ3v) is 2.08. The van der Waals surface area contributed by atoms with Crippen LogP contribution in [0.2, 0.25) is 0 Å². The molecule has 0 aliphatic rings. The van der Waals surface area contributed by atoms with Crippen molar-refractivity contribution in [3.8, 4) is 0 Å². The van der Waals surface area contributed by atoms with Gasteiger partial charge in [-0.15, -0.1) is 6.58 Å². The van der Waals surface area contributed by atoms with Gasteiger partial charge >= 0.3 is 0 Å². The number of ketones is 1. The molecule has 13 heavy (non-hydrogen) atoms. The average molecular weight is 180 g/mol. The minimum Gasteiger partial charge on any atom is -0.374 e. The van der Waals surface area contributed by atoms with Gasteiger partial charge in [0, 0.05) is 5.41 Å². The average Bonchev–Trinajstić information content (AvgIpc) is 2.15. The molecule has 1 N–H and O–H groups in total. The molecule has 0 rings (SSSR count). The van der Waals surface area contributed by atoms with Gasteiger partial charge in [0.15, 0.2) is 11.4 Å². The second-order valence-corrected chi connectivity index (χ2v) is 3.49. The summed E-state index contributed by atoms with van der Waals surface area (Å²) in [6.07, 6.45) is 3.84. The van der Waals surface area contributed by atoms with Crippen molar-refractivity contribution in [1.82, 2.24) is 0 Å². The molecule has 0 saturated carbocycles. The van der Waals surface area contributed by atoms with Crippen LogP contribution in [0.3, 0.4) is 0 Å². The Balaban J connectivity index is 5.08. The summed E-state index contributed by atoms with van der Waals surface area (Å²) in [5.74, 6) is -0.375. The lowest BCUT2D eigenvalue weighted by molar-refractivity contribution is -0.135. The third-order valence-electron chi connectivity index (χ3n) is 2.08. The third kappa shape index (κ3) is 2.16. The van der Waals surface area contributed by atoms with Crippen LogP contribution in [0.15, 0.2) is 38.0 Å². The zero-order valence-corrected chi connectivity index (χ0v) is 8.21. The van der Waals surface area contributed by atoms with Crippen molar-refractivity contribution >= 4 is 5.78 Å². The summed E-state index contributed by atoms with van der Waals surface area (Å²) in [5.41, 5.74) is -2.44. The molecule has 0 unspecified atom stereocenters. The van der Waals surface area contributed by atoms with Gasteiger partial charge in [0.05, 0.1) is 0 Å². The smallest absolute Gasteiger partial charge is 0.181 e. The summed E-state index contributed by atoms with van der Waals surface area (Å²) in [6, 6.07) is 0. The first-order valence-electron chi connectivity index (χ1n) is 4.02. The van der Waals surface area contributed by atoms with Crippen LogP contribution in [0, 0.1) is 5.41 Å². The van der Waals surface area contributed by atoms with E-state index in [1.807, 2.05) is 0 Å². The minimum absolute atomic E-state index is 0.375. The fraction of sp³-hybridized carbons (Fsp3) is 0.364. The van der Waals surface area contributed by atoms with E-state index in [0.29, 0.717) is 0 Å². The number of Topliss-reactive ketones (excluding diaryl/α,β-unsaturated/α-hetero) is 1. The fourth-order valence-corrected chi connectivity index (χ4v) is 0.878. The highest BCUT2D eigenvalue weighted by molar-refractivity contribution is 5.96. The summed E-state index contributed by atoms with van der Waals surface area (Å²) in [7, 11) is 0. The van der Waals surface area contributed by atoms with Crippen molar-refractivity contribution in [3.63, 3.8) is 0 Å². The molecular weight excluding hydrogens is 164 g/mol. The lowest BCUT2D eigenvalue weighted by Crippen LogP contribution is -2.42. The van der Waals surface area contributed by atoms with Crippen LogP contribution in [0.5, 0.6) is 0 Å². The Hall–Kier alpha value is -1.15. The maximum atomic E-state index is 11.7. The van der Waals surface area contributed by atoms with Crippen molar-refractivity contribution in [2.75, 3.05) is 0 Å². The summed E-state index contributed by atoms with van der Waals surface area (Å²) >= 11 is 0. The van der Waals surface area contributed by atoms with Gasteiger partial charge in [0.25, 0.3) is 0 Å². The van der Waals surface area contributed by atoms with Crippen molar-refractivity contribution in [2.45, 2.75) is 19.4 Å². The monoisotopic (exact) mass is 180 g/mol. The first kappa shape index (κ1) is 11.8. The van der Waals surface area contributed by atoms with Crippen LogP contribution < -0.4 is 0 Å². The predicted molar refractivity (Wildman–Crippen MR) is 54.3 cm³/mol. The van der Waals surface area contributed by atoms with Crippen LogP contribution in [0.25, 0.3) is 0 Å². The van der Waals surface area contributed by atoms with E-state index in [-0.39, 0.29) is 5.78 Å². The fourth-order valence-electron chi connectivity index (χ4n) is 0.878. The van der Waals surface area contributed by atoms with E-state index < -0.39 is 11.0 Å². The second-order valence-electron chi connectivity index (χ2n) is 3.49. The molecule has 0 aromatic rings. The van der Waals surface area contributed by atoms with E-state index in [4.69, 9.17) is 0 Å². The second kappa shape index (κ2) is 3.71. The predicted octanol–water partition coefficient (Wildman–Crippen LogP) is 1.87. The maximum absolute atomic E-state index is 11.7. The van der Waals surface area contributed by atoms with Crippen molar-refractivity contribution < 1.29 is 9.90 Å². The molecule has 0 aliphatic carbocycles. The molecule has 0 spiro atoms. The lowest BCUT2D eigenvalue weighted by Gasteiger charge is -2.27. The zero-order valence-electron chi connectivity index (χ0n) is 8.21. The first-order valence-corrected chi connectivity index (χ1v) is 4.02. The number of rotatable bonds is 5. The van der Waals surface area contributed by atoms with E-state index >= 15 is 0 Å². The Labute approximate surface area is 79.3 Å². The molecule has 0 aromatic carbocycles. The Morgan fingerprint density at radius 2 is 1.54 bits per heavy atom. The largest absolute Gasteiger partial charge is 0.374 e. The Kier molecular flexibility index (Phi) is 3.38. The molecule has 0 heterocycles. The number of allylic oxidation sites excluding steroid dienone is 1. The molecule has 2 heteroatoms. The van der Waals surface area contributed by atoms with Gasteiger partial charge in [0.2, 0.25) is 0 Å². The summed E-state index contributed by atoms with van der Waals surface area (Å²) in [5, 5.41) is 9.73. The number of hydrogen-bond donors (Lipinski definition) is 1. The number of hydrogen-bond acceptors (Lipinski definition) is 2. The maximum Gasteiger partial charge on any atom is 0.181 e. The zero-order chi connectivity index (χ0) is 10.7. The van der Waals surface area contributed by atoms with Gasteiger partial charge < -0.3 is 5.11 Å². The van der Waals surface area contributed by atoms with Crippen LogP contribution in [-0.2, 0) is 4.79 Å². The van der Waals surface area contributed by atoms with E-state index in [9.17, 15) is 9.90 Å². The highest BCUT2D eigenvalue weighted by atomic mass is 16.3. The summed E-state index contributed by atoms with van der Waals surface area (Å²) in [4.78, 5) is 11.7. The van der Waals surface area contributed by atoms with E-state index in [2.05, 4.69) is 19.7 Å². The van der Waals surface area contributed by atoms with E-state index in [1.54, 1.807) is 13.8 Å². The van der Waals surface area contributed by atoms with E-state index in [0.717, 1.165) is 0 Å². The molecule has 0 bridgehead atoms. The molecule has 72 valence electrons. The van der Waals surface area contributed by atoms with Crippen molar-refractivity contribution in [2.24, 2.45) is 5.41 Å². The number of carbonyl (C=O) groups excluding carboxylic acids is 1. The van der Waals surface area contributed by atoms with Gasteiger partial charge in [-0.1, -0.05) is 19.2 Å². The molecule has 0 fully saturated rings. The van der Waals surface area contributed by atoms with Gasteiger partial charge in [-0.3, -0.25) is 4.79 Å². The summed E-state index contributed by atoms with van der Waals surface area (Å²) < 4.78 is 0. The molecule has 2 nitrogen and oxygen atoms in total. The van der Waals surface area contributed by atoms with Crippen LogP contribution >= 0.6 is 0 Å². The normalized spacial score (nSPS) is 11.9. The quantitative estimate of drug-likeness (QED) is 0.656. The molecule has 0 aromatic heterocycles. The number of aliphatic hydroxyl groups is 1. The Morgan fingerprint density at radius 1 is 1.15 bits per heavy atom. The van der Waals surface area contributed by atoms with Gasteiger partial charge in [0.1, 0.15) is 0 Å². The minimum atomic E-state index is -1.66. The molecule has 0 saturated heterocycles. The topological polar surface area (TPSA) is 37.3 Å². The molecular formula is C11H16O2. The van der Waals surface area contributed by atoms with Gasteiger partial charge in [-0.25, -0.2) is 0 Å². The number of carbonyl (C=O) groups is 1. The van der Waals surface area contributed by atoms with Gasteiger partial charge in [-0.2, -0.15) is 0 Å². The van der Waals surface area contributed by atoms with Crippen molar-refractivity contribution in [3.05, 3.63) is 38.0 Å². The Morgan fingerprint density at radius 3 is 1.77 bits per heavy atom. The van der Waals surface area contributed by atoms with Crippen LogP contribution in [0.4, 0.5) is 0 Å². The van der Waals surface area contributed by atoms with Crippen LogP contribution in [0.1, 0.15) is 13.8 Å². The molecule has 0 radical (unpaired) electrons. The highest BCUT2D eigenvalue weighted by Gasteiger charge is 2.38. The van der Waals surface area contributed by atoms with Crippen LogP contribution in [-0.4, -0.2) is 16.5 Å². The van der Waals surface area contributed by atoms with Crippen molar-refractivity contribution in [1.29, 1.82) is 0 Å². The Bertz CT molecular complexity index is 241. The van der Waals surface area contributed by atoms with Gasteiger partial charge in [-0.05, 0) is 26.0 Å². The lowest BCUT2D eigenvalue weighted by atomic mass is 9.79. The highest BCUT2D eigenvalue weighted by Crippen LogP contribution is 2.26.